The summed E-state index contributed by atoms with van der Waals surface area (Å²) >= 11 is 0. The molecule has 0 aromatic rings. The van der Waals surface area contributed by atoms with Gasteiger partial charge in [0.1, 0.15) is 17.0 Å². The molecule has 7 nitrogen and oxygen atoms in total. The Labute approximate surface area is 274 Å². The zero-order valence-corrected chi connectivity index (χ0v) is 28.8. The second kappa shape index (κ2) is 13.0. The summed E-state index contributed by atoms with van der Waals surface area (Å²) in [7, 11) is 1.38. The van der Waals surface area contributed by atoms with Crippen LogP contribution in [0.25, 0.3) is 0 Å². The van der Waals surface area contributed by atoms with Crippen LogP contribution in [0.1, 0.15) is 81.1 Å². The number of aliphatic hydroxyl groups excluding tert-OH is 1. The first-order valence-electron chi connectivity index (χ1n) is 16.0. The van der Waals surface area contributed by atoms with Crippen LogP contribution in [-0.4, -0.2) is 52.2 Å². The lowest BCUT2D eigenvalue weighted by atomic mass is 9.62. The fourth-order valence-corrected chi connectivity index (χ4v) is 7.71. The Morgan fingerprint density at radius 3 is 2.24 bits per heavy atom. The standard InChI is InChI=1S/C39H50O7/c1-26(16-17-32-35(3,4)22-29(33(41)44-9)23-37(32,7)43)14-12-10-11-13-15-27(2)20-31-21-28(34(42)45-31)18-19-39-36(5,6)24-30(40)25-38(39,8)46-39/h10-16,18-21,29-30,40,43H,22-25H2,1-9H3/b12-10+,13-11+,19-18+,26-14+,27-15+,31-20-/t17?,29-,30-,37+,38+,39-/m0/s1. The molecule has 3 fully saturated rings. The van der Waals surface area contributed by atoms with Gasteiger partial charge in [0.05, 0.1) is 30.3 Å². The molecule has 1 saturated heterocycles. The number of carbonyl (C=O) groups excluding carboxylic acids is 2. The van der Waals surface area contributed by atoms with Gasteiger partial charge in [-0.05, 0) is 93.9 Å². The van der Waals surface area contributed by atoms with Crippen molar-refractivity contribution in [1.29, 1.82) is 0 Å². The molecule has 2 aliphatic heterocycles. The highest BCUT2D eigenvalue weighted by molar-refractivity contribution is 5.95. The molecule has 248 valence electrons. The molecule has 0 unspecified atom stereocenters. The molecule has 2 heterocycles. The van der Waals surface area contributed by atoms with Crippen LogP contribution in [0.4, 0.5) is 0 Å². The molecule has 2 N–H and O–H groups in total. The highest BCUT2D eigenvalue weighted by Crippen LogP contribution is 2.66. The van der Waals surface area contributed by atoms with Gasteiger partial charge < -0.3 is 24.4 Å². The minimum atomic E-state index is -1.15. The average Bonchev–Trinajstić information content (AvgIpc) is 3.41. The van der Waals surface area contributed by atoms with E-state index >= 15 is 0 Å². The maximum absolute atomic E-state index is 12.5. The first-order chi connectivity index (χ1) is 21.3. The minimum Gasteiger partial charge on any atom is -0.469 e. The van der Waals surface area contributed by atoms with Crippen molar-refractivity contribution in [3.63, 3.8) is 0 Å². The molecule has 5 atom stereocenters. The second-order valence-corrected chi connectivity index (χ2v) is 14.9. The summed E-state index contributed by atoms with van der Waals surface area (Å²) in [6, 6.07) is 0. The summed E-state index contributed by atoms with van der Waals surface area (Å²) in [4.78, 5) is 24.7. The molecule has 0 amide bonds. The predicted molar refractivity (Wildman–Crippen MR) is 179 cm³/mol. The van der Waals surface area contributed by atoms with Gasteiger partial charge in [0, 0.05) is 17.4 Å². The van der Waals surface area contributed by atoms with Gasteiger partial charge in [-0.2, -0.15) is 0 Å². The minimum absolute atomic E-state index is 0.257. The van der Waals surface area contributed by atoms with Gasteiger partial charge >= 0.3 is 11.9 Å². The predicted octanol–water partition coefficient (Wildman–Crippen LogP) is 7.07. The Hall–Kier alpha value is -3.48. The number of cyclic esters (lactones) is 1. The number of epoxide rings is 1. The topological polar surface area (TPSA) is 106 Å². The van der Waals surface area contributed by atoms with E-state index in [4.69, 9.17) is 14.2 Å². The molecular weight excluding hydrogens is 580 g/mol. The Morgan fingerprint density at radius 1 is 0.978 bits per heavy atom. The van der Waals surface area contributed by atoms with Crippen molar-refractivity contribution in [2.45, 2.75) is 104 Å². The fraction of sp³-hybridized carbons (Fsp3) is 0.513. The third-order valence-electron chi connectivity index (χ3n) is 9.76. The molecule has 2 saturated carbocycles. The Kier molecular flexibility index (Phi) is 9.97. The molecule has 0 bridgehead atoms. The van der Waals surface area contributed by atoms with Crippen LogP contribution in [0.15, 0.2) is 101 Å². The molecule has 0 radical (unpaired) electrons. The average molecular weight is 631 g/mol. The van der Waals surface area contributed by atoms with Crippen molar-refractivity contribution < 1.29 is 34.0 Å². The van der Waals surface area contributed by atoms with Gasteiger partial charge in [-0.3, -0.25) is 4.79 Å². The summed E-state index contributed by atoms with van der Waals surface area (Å²) in [5.74, 6) is -0.537. The number of fused-ring (bicyclic) bond motifs is 1. The van der Waals surface area contributed by atoms with Crippen LogP contribution in [-0.2, 0) is 23.8 Å². The molecule has 46 heavy (non-hydrogen) atoms. The summed E-state index contributed by atoms with van der Waals surface area (Å²) < 4.78 is 16.6. The maximum atomic E-state index is 12.5. The number of hydrogen-bond donors (Lipinski definition) is 2. The first-order valence-corrected chi connectivity index (χ1v) is 16.0. The first kappa shape index (κ1) is 35.4. The van der Waals surface area contributed by atoms with Crippen molar-refractivity contribution in [3.05, 3.63) is 101 Å². The lowest BCUT2D eigenvalue weighted by molar-refractivity contribution is -0.150. The Bertz CT molecular complexity index is 1510. The zero-order chi connectivity index (χ0) is 34.1. The second-order valence-electron chi connectivity index (χ2n) is 14.9. The van der Waals surface area contributed by atoms with E-state index in [1.807, 2.05) is 89.3 Å². The van der Waals surface area contributed by atoms with Gasteiger partial charge in [-0.15, -0.1) is 5.73 Å². The number of aliphatic hydroxyl groups is 2. The van der Waals surface area contributed by atoms with Crippen LogP contribution < -0.4 is 0 Å². The van der Waals surface area contributed by atoms with E-state index in [2.05, 4.69) is 19.6 Å². The largest absolute Gasteiger partial charge is 0.469 e. The van der Waals surface area contributed by atoms with Gasteiger partial charge in [0.15, 0.2) is 0 Å². The van der Waals surface area contributed by atoms with E-state index in [9.17, 15) is 19.8 Å². The van der Waals surface area contributed by atoms with Crippen LogP contribution in [0.5, 0.6) is 0 Å². The van der Waals surface area contributed by atoms with E-state index in [-0.39, 0.29) is 17.3 Å². The van der Waals surface area contributed by atoms with Crippen molar-refractivity contribution in [1.82, 2.24) is 0 Å². The molecule has 0 spiro atoms. The maximum Gasteiger partial charge on any atom is 0.343 e. The van der Waals surface area contributed by atoms with Crippen LogP contribution >= 0.6 is 0 Å². The third kappa shape index (κ3) is 7.39. The van der Waals surface area contributed by atoms with Crippen molar-refractivity contribution in [2.75, 3.05) is 7.11 Å². The molecule has 7 heteroatoms. The lowest BCUT2D eigenvalue weighted by Gasteiger charge is -2.44. The van der Waals surface area contributed by atoms with Gasteiger partial charge in [-0.25, -0.2) is 4.79 Å². The fourth-order valence-electron chi connectivity index (χ4n) is 7.71. The number of esters is 2. The van der Waals surface area contributed by atoms with Crippen LogP contribution in [0, 0.1) is 16.7 Å². The van der Waals surface area contributed by atoms with E-state index in [0.29, 0.717) is 37.0 Å². The number of methoxy groups -OCH3 is 1. The quantitative estimate of drug-likeness (QED) is 0.128. The van der Waals surface area contributed by atoms with Crippen LogP contribution in [0.3, 0.4) is 0 Å². The summed E-state index contributed by atoms with van der Waals surface area (Å²) in [6.45, 7) is 15.9. The van der Waals surface area contributed by atoms with Gasteiger partial charge in [0.2, 0.25) is 0 Å². The molecular formula is C39H50O7. The summed E-state index contributed by atoms with van der Waals surface area (Å²) in [6.07, 6.45) is 22.5. The van der Waals surface area contributed by atoms with E-state index in [1.54, 1.807) is 19.1 Å². The number of allylic oxidation sites excluding steroid dienone is 10. The smallest absolute Gasteiger partial charge is 0.343 e. The SMILES string of the molecule is COC(=O)[C@H]1CC(C)(C)C(=C=C/C(C)=C/C=C/C=C/C=C(C)/C=C2C=C(/C=C/[C@@]34O[C@]3(C)C[C@@H](O)CC4(C)C)C(=O)O/2)[C@](C)(O)C1. The van der Waals surface area contributed by atoms with E-state index in [1.165, 1.54) is 7.11 Å². The van der Waals surface area contributed by atoms with E-state index in [0.717, 1.165) is 16.7 Å². The zero-order valence-electron chi connectivity index (χ0n) is 28.8. The number of rotatable bonds is 8. The highest BCUT2D eigenvalue weighted by atomic mass is 16.6. The molecule has 4 rings (SSSR count). The summed E-state index contributed by atoms with van der Waals surface area (Å²) in [5.41, 5.74) is 3.72. The number of carbonyl (C=O) groups is 2. The molecule has 0 aromatic carbocycles. The van der Waals surface area contributed by atoms with Crippen molar-refractivity contribution in [2.24, 2.45) is 16.7 Å². The van der Waals surface area contributed by atoms with Crippen molar-refractivity contribution in [3.8, 4) is 0 Å². The van der Waals surface area contributed by atoms with E-state index < -0.39 is 34.3 Å². The van der Waals surface area contributed by atoms with Gasteiger partial charge in [-0.1, -0.05) is 64.2 Å². The Morgan fingerprint density at radius 2 is 1.63 bits per heavy atom. The molecule has 0 aromatic heterocycles. The highest BCUT2D eigenvalue weighted by Gasteiger charge is 2.74. The van der Waals surface area contributed by atoms with Crippen molar-refractivity contribution >= 4 is 11.9 Å². The number of hydrogen-bond acceptors (Lipinski definition) is 7. The van der Waals surface area contributed by atoms with Gasteiger partial charge in [0.25, 0.3) is 0 Å². The molecule has 2 aliphatic carbocycles. The number of ether oxygens (including phenoxy) is 3. The Balaban J connectivity index is 1.36. The third-order valence-corrected chi connectivity index (χ3v) is 9.76. The normalized spacial score (nSPS) is 34.9. The van der Waals surface area contributed by atoms with Crippen LogP contribution in [0.2, 0.25) is 0 Å². The molecule has 4 aliphatic rings. The monoisotopic (exact) mass is 630 g/mol. The lowest BCUT2D eigenvalue weighted by Crippen LogP contribution is -2.46. The summed E-state index contributed by atoms with van der Waals surface area (Å²) in [5, 5.41) is 21.4.